The highest BCUT2D eigenvalue weighted by atomic mass is 32.2. The van der Waals surface area contributed by atoms with E-state index in [-0.39, 0.29) is 0 Å². The molecule has 3 atom stereocenters. The van der Waals surface area contributed by atoms with Crippen molar-refractivity contribution in [2.45, 2.75) is 36.7 Å². The van der Waals surface area contributed by atoms with Gasteiger partial charge >= 0.3 is 0 Å². The molecule has 2 N–H and O–H groups in total. The average molecular weight is 276 g/mol. The molecule has 3 nitrogen and oxygen atoms in total. The standard InChI is InChI=1S/C15H20N2OS/c1-12-14(7-9-18-12)19-10-8-15(17,11-16)13-5-3-2-4-6-13/h2-6,12,14H,7-10,17H2,1H3. The topological polar surface area (TPSA) is 59.0 Å². The number of nitriles is 1. The minimum absolute atomic E-state index is 0.316. The average Bonchev–Trinajstić information content (AvgIpc) is 2.85. The van der Waals surface area contributed by atoms with Crippen LogP contribution in [0.2, 0.25) is 0 Å². The molecule has 1 aromatic rings. The lowest BCUT2D eigenvalue weighted by Crippen LogP contribution is -2.35. The molecule has 3 unspecified atom stereocenters. The van der Waals surface area contributed by atoms with Gasteiger partial charge in [0.25, 0.3) is 0 Å². The maximum Gasteiger partial charge on any atom is 0.130 e. The number of nitrogens with zero attached hydrogens (tertiary/aromatic N) is 1. The highest BCUT2D eigenvalue weighted by Crippen LogP contribution is 2.30. The van der Waals surface area contributed by atoms with Crippen LogP contribution in [0.5, 0.6) is 0 Å². The van der Waals surface area contributed by atoms with Crippen molar-refractivity contribution in [1.82, 2.24) is 0 Å². The summed E-state index contributed by atoms with van der Waals surface area (Å²) in [6, 6.07) is 11.9. The van der Waals surface area contributed by atoms with E-state index >= 15 is 0 Å². The molecule has 1 saturated heterocycles. The minimum Gasteiger partial charge on any atom is -0.377 e. The van der Waals surface area contributed by atoms with Crippen molar-refractivity contribution in [1.29, 1.82) is 5.26 Å². The molecule has 1 heterocycles. The molecule has 0 bridgehead atoms. The molecule has 0 amide bonds. The van der Waals surface area contributed by atoms with Gasteiger partial charge in [-0.1, -0.05) is 30.3 Å². The predicted molar refractivity (Wildman–Crippen MR) is 78.8 cm³/mol. The van der Waals surface area contributed by atoms with E-state index in [9.17, 15) is 5.26 Å². The minimum atomic E-state index is -0.878. The van der Waals surface area contributed by atoms with Gasteiger partial charge in [0.15, 0.2) is 0 Å². The van der Waals surface area contributed by atoms with Gasteiger partial charge in [-0.2, -0.15) is 17.0 Å². The fraction of sp³-hybridized carbons (Fsp3) is 0.533. The molecule has 0 radical (unpaired) electrons. The molecule has 0 saturated carbocycles. The Bertz CT molecular complexity index is 445. The van der Waals surface area contributed by atoms with Crippen molar-refractivity contribution in [2.24, 2.45) is 5.73 Å². The number of hydrogen-bond donors (Lipinski definition) is 1. The van der Waals surface area contributed by atoms with Crippen molar-refractivity contribution >= 4 is 11.8 Å². The number of thioether (sulfide) groups is 1. The van der Waals surface area contributed by atoms with Crippen LogP contribution in [0.25, 0.3) is 0 Å². The maximum absolute atomic E-state index is 9.37. The quantitative estimate of drug-likeness (QED) is 0.898. The molecule has 1 aliphatic rings. The van der Waals surface area contributed by atoms with E-state index < -0.39 is 5.54 Å². The number of benzene rings is 1. The molecular weight excluding hydrogens is 256 g/mol. The van der Waals surface area contributed by atoms with Crippen LogP contribution in [0.4, 0.5) is 0 Å². The van der Waals surface area contributed by atoms with Gasteiger partial charge < -0.3 is 10.5 Å². The summed E-state index contributed by atoms with van der Waals surface area (Å²) in [6.07, 6.45) is 2.08. The van der Waals surface area contributed by atoms with Gasteiger partial charge in [-0.05, 0) is 31.1 Å². The Kier molecular flexibility index (Phi) is 4.87. The zero-order chi connectivity index (χ0) is 13.7. The summed E-state index contributed by atoms with van der Waals surface area (Å²) in [5.41, 5.74) is 6.25. The van der Waals surface area contributed by atoms with Crippen molar-refractivity contribution in [3.05, 3.63) is 35.9 Å². The summed E-state index contributed by atoms with van der Waals surface area (Å²) >= 11 is 1.87. The Morgan fingerprint density at radius 2 is 2.21 bits per heavy atom. The first-order valence-electron chi connectivity index (χ1n) is 6.64. The number of hydrogen-bond acceptors (Lipinski definition) is 4. The molecule has 1 aromatic carbocycles. The molecule has 102 valence electrons. The third kappa shape index (κ3) is 3.50. The highest BCUT2D eigenvalue weighted by molar-refractivity contribution is 7.99. The fourth-order valence-corrected chi connectivity index (χ4v) is 3.66. The number of nitrogens with two attached hydrogens (primary N) is 1. The predicted octanol–water partition coefficient (Wildman–Crippen LogP) is 2.66. The van der Waals surface area contributed by atoms with Crippen molar-refractivity contribution in [3.63, 3.8) is 0 Å². The van der Waals surface area contributed by atoms with Crippen LogP contribution in [-0.4, -0.2) is 23.7 Å². The third-order valence-corrected chi connectivity index (χ3v) is 5.11. The van der Waals surface area contributed by atoms with Crippen LogP contribution in [0.15, 0.2) is 30.3 Å². The van der Waals surface area contributed by atoms with E-state index in [4.69, 9.17) is 10.5 Å². The van der Waals surface area contributed by atoms with E-state index in [2.05, 4.69) is 13.0 Å². The second kappa shape index (κ2) is 6.42. The molecule has 4 heteroatoms. The van der Waals surface area contributed by atoms with Gasteiger partial charge in [-0.25, -0.2) is 0 Å². The van der Waals surface area contributed by atoms with Gasteiger partial charge in [0, 0.05) is 11.9 Å². The highest BCUT2D eigenvalue weighted by Gasteiger charge is 2.29. The lowest BCUT2D eigenvalue weighted by atomic mass is 9.90. The van der Waals surface area contributed by atoms with Crippen molar-refractivity contribution < 1.29 is 4.74 Å². The molecular formula is C15H20N2OS. The Balaban J connectivity index is 1.91. The molecule has 0 spiro atoms. The molecule has 0 aromatic heterocycles. The first-order valence-corrected chi connectivity index (χ1v) is 7.69. The van der Waals surface area contributed by atoms with Crippen LogP contribution in [0.3, 0.4) is 0 Å². The van der Waals surface area contributed by atoms with E-state index in [1.165, 1.54) is 0 Å². The molecule has 0 aliphatic carbocycles. The van der Waals surface area contributed by atoms with Crippen LogP contribution in [0.1, 0.15) is 25.3 Å². The Morgan fingerprint density at radius 3 is 2.79 bits per heavy atom. The van der Waals surface area contributed by atoms with E-state index in [1.807, 2.05) is 42.1 Å². The zero-order valence-corrected chi connectivity index (χ0v) is 12.0. The molecule has 1 aliphatic heterocycles. The fourth-order valence-electron chi connectivity index (χ4n) is 2.30. The van der Waals surface area contributed by atoms with Crippen LogP contribution < -0.4 is 5.73 Å². The van der Waals surface area contributed by atoms with Crippen molar-refractivity contribution in [2.75, 3.05) is 12.4 Å². The van der Waals surface area contributed by atoms with E-state index in [0.717, 1.165) is 24.3 Å². The van der Waals surface area contributed by atoms with Crippen molar-refractivity contribution in [3.8, 4) is 6.07 Å². The summed E-state index contributed by atoms with van der Waals surface area (Å²) in [6.45, 7) is 2.96. The first-order chi connectivity index (χ1) is 9.15. The lowest BCUT2D eigenvalue weighted by molar-refractivity contribution is 0.127. The Labute approximate surface area is 119 Å². The van der Waals surface area contributed by atoms with Crippen LogP contribution in [-0.2, 0) is 10.3 Å². The third-order valence-electron chi connectivity index (χ3n) is 3.62. The summed E-state index contributed by atoms with van der Waals surface area (Å²) in [5.74, 6) is 0.886. The summed E-state index contributed by atoms with van der Waals surface area (Å²) in [4.78, 5) is 0. The van der Waals surface area contributed by atoms with Gasteiger partial charge in [0.1, 0.15) is 5.54 Å². The summed E-state index contributed by atoms with van der Waals surface area (Å²) in [5, 5.41) is 9.91. The van der Waals surface area contributed by atoms with Gasteiger partial charge in [0.2, 0.25) is 0 Å². The maximum atomic E-state index is 9.37. The van der Waals surface area contributed by atoms with Gasteiger partial charge in [0.05, 0.1) is 12.2 Å². The summed E-state index contributed by atoms with van der Waals surface area (Å²) in [7, 11) is 0. The smallest absolute Gasteiger partial charge is 0.130 e. The second-order valence-corrected chi connectivity index (χ2v) is 6.32. The monoisotopic (exact) mass is 276 g/mol. The summed E-state index contributed by atoms with van der Waals surface area (Å²) < 4.78 is 5.54. The van der Waals surface area contributed by atoms with E-state index in [0.29, 0.717) is 17.8 Å². The van der Waals surface area contributed by atoms with Gasteiger partial charge in [-0.3, -0.25) is 0 Å². The SMILES string of the molecule is CC1OCCC1SCCC(N)(C#N)c1ccccc1. The Morgan fingerprint density at radius 1 is 1.47 bits per heavy atom. The number of rotatable bonds is 5. The van der Waals surface area contributed by atoms with Gasteiger partial charge in [-0.15, -0.1) is 0 Å². The molecule has 2 rings (SSSR count). The molecule has 1 fully saturated rings. The molecule has 19 heavy (non-hydrogen) atoms. The first kappa shape index (κ1) is 14.4. The second-order valence-electron chi connectivity index (χ2n) is 4.97. The zero-order valence-electron chi connectivity index (χ0n) is 11.2. The normalized spacial score (nSPS) is 25.7. The van der Waals surface area contributed by atoms with Crippen LogP contribution in [0, 0.1) is 11.3 Å². The Hall–Kier alpha value is -1.02. The lowest BCUT2D eigenvalue weighted by Gasteiger charge is -2.23. The van der Waals surface area contributed by atoms with Crippen LogP contribution >= 0.6 is 11.8 Å². The largest absolute Gasteiger partial charge is 0.377 e. The van der Waals surface area contributed by atoms with E-state index in [1.54, 1.807) is 0 Å². The number of ether oxygens (including phenoxy) is 1.